The van der Waals surface area contributed by atoms with Crippen molar-refractivity contribution >= 4 is 0 Å². The fourth-order valence-corrected chi connectivity index (χ4v) is 1.84. The maximum Gasteiger partial charge on any atom is 0.127 e. The predicted molar refractivity (Wildman–Crippen MR) is 49.5 cm³/mol. The first-order valence-electron chi connectivity index (χ1n) is 5.25. The van der Waals surface area contributed by atoms with E-state index in [1.54, 1.807) is 4.90 Å². The lowest BCUT2D eigenvalue weighted by Gasteiger charge is -2.26. The Morgan fingerprint density at radius 2 is 1.83 bits per heavy atom. The van der Waals surface area contributed by atoms with Gasteiger partial charge in [-0.1, -0.05) is 0 Å². The first-order valence-corrected chi connectivity index (χ1v) is 5.25. The molecule has 1 rings (SSSR count). The van der Waals surface area contributed by atoms with Gasteiger partial charge >= 0.3 is 0 Å². The summed E-state index contributed by atoms with van der Waals surface area (Å²) in [6, 6.07) is 0. The number of hydrogen-bond acceptors (Lipinski definition) is 0. The molecule has 0 bridgehead atoms. The fourth-order valence-electron chi connectivity index (χ4n) is 1.84. The van der Waals surface area contributed by atoms with Gasteiger partial charge in [-0.2, -0.15) is 0 Å². The average molecular weight is 174 g/mol. The first-order chi connectivity index (χ1) is 5.83. The Hall–Kier alpha value is -0.120. The van der Waals surface area contributed by atoms with E-state index >= 15 is 0 Å². The molecule has 0 amide bonds. The van der Waals surface area contributed by atoms with Gasteiger partial charge in [-0.3, -0.25) is 0 Å². The third-order valence-corrected chi connectivity index (χ3v) is 2.83. The zero-order valence-electron chi connectivity index (χ0n) is 8.53. The number of piperazine rings is 1. The van der Waals surface area contributed by atoms with Crippen molar-refractivity contribution in [1.29, 1.82) is 0 Å². The Morgan fingerprint density at radius 1 is 1.17 bits per heavy atom. The van der Waals surface area contributed by atoms with E-state index in [4.69, 9.17) is 0 Å². The molecule has 0 aromatic rings. The smallest absolute Gasteiger partial charge is 0.127 e. The SMILES string of the molecule is C[NH2+]CCC[NH+]1CC[NH+](C)CC1. The van der Waals surface area contributed by atoms with Gasteiger partial charge in [0.1, 0.15) is 26.2 Å². The Kier molecular flexibility index (Phi) is 4.58. The lowest BCUT2D eigenvalue weighted by atomic mass is 10.3. The summed E-state index contributed by atoms with van der Waals surface area (Å²) >= 11 is 0. The molecule has 1 fully saturated rings. The summed E-state index contributed by atoms with van der Waals surface area (Å²) in [7, 11) is 4.46. The predicted octanol–water partition coefficient (Wildman–Crippen LogP) is -4.02. The van der Waals surface area contributed by atoms with Gasteiger partial charge in [0, 0.05) is 6.42 Å². The van der Waals surface area contributed by atoms with Crippen molar-refractivity contribution in [3.05, 3.63) is 0 Å². The Bertz CT molecular complexity index is 108. The number of nitrogens with one attached hydrogen (secondary N) is 2. The maximum absolute atomic E-state index is 2.30. The highest BCUT2D eigenvalue weighted by Crippen LogP contribution is 1.64. The van der Waals surface area contributed by atoms with Gasteiger partial charge in [-0.05, 0) is 0 Å². The van der Waals surface area contributed by atoms with E-state index in [0.717, 1.165) is 0 Å². The standard InChI is InChI=1S/C9H21N3/c1-10-4-3-5-12-8-6-11(2)7-9-12/h10H,3-9H2,1-2H3/p+3. The molecule has 0 atom stereocenters. The topological polar surface area (TPSA) is 25.5 Å². The molecule has 0 radical (unpaired) electrons. The van der Waals surface area contributed by atoms with Crippen LogP contribution in [-0.2, 0) is 0 Å². The van der Waals surface area contributed by atoms with Crippen LogP contribution in [0.3, 0.4) is 0 Å². The molecule has 4 N–H and O–H groups in total. The van der Waals surface area contributed by atoms with E-state index in [0.29, 0.717) is 0 Å². The van der Waals surface area contributed by atoms with Crippen molar-refractivity contribution < 1.29 is 15.1 Å². The van der Waals surface area contributed by atoms with Gasteiger partial charge in [0.15, 0.2) is 0 Å². The second kappa shape index (κ2) is 5.51. The summed E-state index contributed by atoms with van der Waals surface area (Å²) < 4.78 is 0. The number of rotatable bonds is 4. The van der Waals surface area contributed by atoms with Gasteiger partial charge in [0.2, 0.25) is 0 Å². The summed E-state index contributed by atoms with van der Waals surface area (Å²) in [5.41, 5.74) is 0. The number of nitrogens with two attached hydrogens (primary N) is 1. The van der Waals surface area contributed by atoms with Crippen LogP contribution in [0.2, 0.25) is 0 Å². The second-order valence-electron chi connectivity index (χ2n) is 4.01. The van der Waals surface area contributed by atoms with E-state index in [2.05, 4.69) is 19.4 Å². The largest absolute Gasteiger partial charge is 0.349 e. The molecule has 0 aliphatic carbocycles. The van der Waals surface area contributed by atoms with Crippen LogP contribution in [0.25, 0.3) is 0 Å². The van der Waals surface area contributed by atoms with Crippen LogP contribution in [0.1, 0.15) is 6.42 Å². The van der Waals surface area contributed by atoms with Crippen LogP contribution >= 0.6 is 0 Å². The summed E-state index contributed by atoms with van der Waals surface area (Å²) in [5.74, 6) is 0. The fraction of sp³-hybridized carbons (Fsp3) is 1.00. The molecule has 72 valence electrons. The molecular formula is C9H24N3+3. The van der Waals surface area contributed by atoms with Crippen LogP contribution in [0, 0.1) is 0 Å². The van der Waals surface area contributed by atoms with Crippen LogP contribution in [0.4, 0.5) is 0 Å². The average Bonchev–Trinajstić information content (AvgIpc) is 2.09. The molecular weight excluding hydrogens is 150 g/mol. The molecule has 3 nitrogen and oxygen atoms in total. The lowest BCUT2D eigenvalue weighted by Crippen LogP contribution is -3.27. The lowest BCUT2D eigenvalue weighted by molar-refractivity contribution is -1.00. The molecule has 0 unspecified atom stereocenters. The van der Waals surface area contributed by atoms with Crippen molar-refractivity contribution in [2.45, 2.75) is 6.42 Å². The van der Waals surface area contributed by atoms with E-state index in [1.165, 1.54) is 45.7 Å². The number of hydrogen-bond donors (Lipinski definition) is 3. The minimum atomic E-state index is 1.30. The van der Waals surface area contributed by atoms with Gasteiger partial charge in [-0.15, -0.1) is 0 Å². The van der Waals surface area contributed by atoms with Crippen molar-refractivity contribution in [1.82, 2.24) is 0 Å². The third kappa shape index (κ3) is 3.52. The number of likely N-dealkylation sites (N-methyl/N-ethyl adjacent to an activating group) is 1. The molecule has 1 heterocycles. The van der Waals surface area contributed by atoms with Crippen LogP contribution in [-0.4, -0.2) is 53.4 Å². The molecule has 1 saturated heterocycles. The maximum atomic E-state index is 2.30. The molecule has 3 heteroatoms. The molecule has 12 heavy (non-hydrogen) atoms. The summed E-state index contributed by atoms with van der Waals surface area (Å²) in [6.45, 7) is 8.19. The van der Waals surface area contributed by atoms with E-state index < -0.39 is 0 Å². The molecule has 1 aliphatic rings. The Balaban J connectivity index is 2.01. The minimum absolute atomic E-state index is 1.30. The van der Waals surface area contributed by atoms with Crippen molar-refractivity contribution in [2.24, 2.45) is 0 Å². The Morgan fingerprint density at radius 3 is 2.42 bits per heavy atom. The third-order valence-electron chi connectivity index (χ3n) is 2.83. The number of quaternary nitrogens is 3. The zero-order valence-corrected chi connectivity index (χ0v) is 8.53. The van der Waals surface area contributed by atoms with E-state index in [-0.39, 0.29) is 0 Å². The Labute approximate surface area is 75.7 Å². The summed E-state index contributed by atoms with van der Waals surface area (Å²) in [6.07, 6.45) is 1.38. The summed E-state index contributed by atoms with van der Waals surface area (Å²) in [5, 5.41) is 2.28. The van der Waals surface area contributed by atoms with E-state index in [1.807, 2.05) is 4.90 Å². The molecule has 0 spiro atoms. The highest BCUT2D eigenvalue weighted by Gasteiger charge is 2.18. The van der Waals surface area contributed by atoms with Crippen LogP contribution in [0.15, 0.2) is 0 Å². The quantitative estimate of drug-likeness (QED) is 0.362. The van der Waals surface area contributed by atoms with E-state index in [9.17, 15) is 0 Å². The minimum Gasteiger partial charge on any atom is -0.349 e. The van der Waals surface area contributed by atoms with Crippen molar-refractivity contribution in [3.8, 4) is 0 Å². The second-order valence-corrected chi connectivity index (χ2v) is 4.01. The molecule has 0 aromatic heterocycles. The zero-order chi connectivity index (χ0) is 8.81. The molecule has 0 aromatic carbocycles. The van der Waals surface area contributed by atoms with Crippen molar-refractivity contribution in [2.75, 3.05) is 53.4 Å². The molecule has 0 saturated carbocycles. The normalized spacial score (nSPS) is 30.5. The van der Waals surface area contributed by atoms with Gasteiger partial charge in [-0.25, -0.2) is 0 Å². The van der Waals surface area contributed by atoms with Gasteiger partial charge in [0.25, 0.3) is 0 Å². The van der Waals surface area contributed by atoms with Gasteiger partial charge < -0.3 is 15.1 Å². The van der Waals surface area contributed by atoms with Crippen LogP contribution < -0.4 is 15.1 Å². The van der Waals surface area contributed by atoms with Gasteiger partial charge in [0.05, 0.1) is 27.2 Å². The molecule has 1 aliphatic heterocycles. The highest BCUT2D eigenvalue weighted by atomic mass is 15.2. The first kappa shape index (κ1) is 9.96. The summed E-state index contributed by atoms with van der Waals surface area (Å²) in [4.78, 5) is 3.53. The highest BCUT2D eigenvalue weighted by molar-refractivity contribution is 4.37. The monoisotopic (exact) mass is 174 g/mol. The van der Waals surface area contributed by atoms with Crippen molar-refractivity contribution in [3.63, 3.8) is 0 Å². The van der Waals surface area contributed by atoms with Crippen LogP contribution in [0.5, 0.6) is 0 Å².